The van der Waals surface area contributed by atoms with Crippen molar-refractivity contribution in [1.29, 1.82) is 0 Å². The zero-order valence-electron chi connectivity index (χ0n) is 13.2. The highest BCUT2D eigenvalue weighted by molar-refractivity contribution is 5.96. The number of amides is 1. The van der Waals surface area contributed by atoms with E-state index in [1.165, 1.54) is 0 Å². The highest BCUT2D eigenvalue weighted by Gasteiger charge is 2.06. The third kappa shape index (κ3) is 6.49. The van der Waals surface area contributed by atoms with Gasteiger partial charge in [0.05, 0.1) is 18.0 Å². The van der Waals surface area contributed by atoms with E-state index >= 15 is 0 Å². The molecule has 0 heterocycles. The molecule has 5 nitrogen and oxygen atoms in total. The number of hydrogen-bond acceptors (Lipinski definition) is 4. The largest absolute Gasteiger partial charge is 0.397 e. The van der Waals surface area contributed by atoms with E-state index in [2.05, 4.69) is 24.5 Å². The molecule has 0 aromatic heterocycles. The van der Waals surface area contributed by atoms with Crippen molar-refractivity contribution in [3.05, 3.63) is 23.8 Å². The zero-order valence-corrected chi connectivity index (χ0v) is 13.2. The number of benzene rings is 1. The molecule has 0 radical (unpaired) electrons. The molecule has 0 fully saturated rings. The SMILES string of the molecule is CCNC(=O)c1ccc(NCCOCCC(C)C)c(N)c1. The Hall–Kier alpha value is -1.75. The summed E-state index contributed by atoms with van der Waals surface area (Å²) in [6.45, 7) is 8.97. The van der Waals surface area contributed by atoms with Crippen molar-refractivity contribution in [3.63, 3.8) is 0 Å². The summed E-state index contributed by atoms with van der Waals surface area (Å²) in [7, 11) is 0. The van der Waals surface area contributed by atoms with Gasteiger partial charge in [0.1, 0.15) is 0 Å². The van der Waals surface area contributed by atoms with Crippen molar-refractivity contribution in [1.82, 2.24) is 5.32 Å². The maximum absolute atomic E-state index is 11.7. The Balaban J connectivity index is 2.37. The van der Waals surface area contributed by atoms with E-state index in [0.717, 1.165) is 18.7 Å². The van der Waals surface area contributed by atoms with Crippen molar-refractivity contribution in [3.8, 4) is 0 Å². The van der Waals surface area contributed by atoms with E-state index in [1.54, 1.807) is 12.1 Å². The van der Waals surface area contributed by atoms with Crippen LogP contribution in [-0.4, -0.2) is 32.2 Å². The van der Waals surface area contributed by atoms with Gasteiger partial charge in [-0.2, -0.15) is 0 Å². The second-order valence-corrected chi connectivity index (χ2v) is 5.38. The molecular weight excluding hydrogens is 266 g/mol. The Morgan fingerprint density at radius 3 is 2.71 bits per heavy atom. The molecule has 1 aromatic rings. The van der Waals surface area contributed by atoms with Gasteiger partial charge in [0.2, 0.25) is 0 Å². The number of carbonyl (C=O) groups excluding carboxylic acids is 1. The molecule has 0 saturated heterocycles. The molecule has 21 heavy (non-hydrogen) atoms. The summed E-state index contributed by atoms with van der Waals surface area (Å²) >= 11 is 0. The molecule has 4 N–H and O–H groups in total. The number of carbonyl (C=O) groups is 1. The number of nitrogen functional groups attached to an aromatic ring is 1. The number of ether oxygens (including phenoxy) is 1. The van der Waals surface area contributed by atoms with Gasteiger partial charge in [0, 0.05) is 25.3 Å². The quantitative estimate of drug-likeness (QED) is 0.483. The lowest BCUT2D eigenvalue weighted by molar-refractivity contribution is 0.0956. The van der Waals surface area contributed by atoms with Crippen LogP contribution in [-0.2, 0) is 4.74 Å². The Bertz CT molecular complexity index is 447. The van der Waals surface area contributed by atoms with E-state index in [1.807, 2.05) is 13.0 Å². The van der Waals surface area contributed by atoms with Gasteiger partial charge in [-0.05, 0) is 37.5 Å². The van der Waals surface area contributed by atoms with Gasteiger partial charge in [0.25, 0.3) is 5.91 Å². The molecule has 0 aliphatic carbocycles. The number of hydrogen-bond donors (Lipinski definition) is 3. The van der Waals surface area contributed by atoms with Crippen molar-refractivity contribution < 1.29 is 9.53 Å². The summed E-state index contributed by atoms with van der Waals surface area (Å²) < 4.78 is 5.53. The van der Waals surface area contributed by atoms with Gasteiger partial charge >= 0.3 is 0 Å². The average molecular weight is 293 g/mol. The van der Waals surface area contributed by atoms with Crippen LogP contribution in [0.4, 0.5) is 11.4 Å². The van der Waals surface area contributed by atoms with Crippen LogP contribution in [0.3, 0.4) is 0 Å². The van der Waals surface area contributed by atoms with Crippen molar-refractivity contribution in [2.45, 2.75) is 27.2 Å². The fourth-order valence-corrected chi connectivity index (χ4v) is 1.81. The molecule has 0 aliphatic rings. The minimum Gasteiger partial charge on any atom is -0.397 e. The van der Waals surface area contributed by atoms with E-state index in [9.17, 15) is 4.79 Å². The highest BCUT2D eigenvalue weighted by atomic mass is 16.5. The lowest BCUT2D eigenvalue weighted by Gasteiger charge is -2.11. The lowest BCUT2D eigenvalue weighted by atomic mass is 10.1. The van der Waals surface area contributed by atoms with Crippen LogP contribution in [0.5, 0.6) is 0 Å². The second kappa shape index (κ2) is 9.23. The van der Waals surface area contributed by atoms with Crippen molar-refractivity contribution >= 4 is 17.3 Å². The predicted molar refractivity (Wildman–Crippen MR) is 87.6 cm³/mol. The molecule has 118 valence electrons. The van der Waals surface area contributed by atoms with Gasteiger partial charge < -0.3 is 21.1 Å². The first-order valence-electron chi connectivity index (χ1n) is 7.54. The Labute approximate surface area is 127 Å². The molecule has 1 amide bonds. The summed E-state index contributed by atoms with van der Waals surface area (Å²) in [6, 6.07) is 5.28. The normalized spacial score (nSPS) is 10.7. The van der Waals surface area contributed by atoms with Crippen LogP contribution in [0.25, 0.3) is 0 Å². The van der Waals surface area contributed by atoms with Crippen LogP contribution in [0.1, 0.15) is 37.6 Å². The lowest BCUT2D eigenvalue weighted by Crippen LogP contribution is -2.22. The van der Waals surface area contributed by atoms with Crippen LogP contribution in [0.2, 0.25) is 0 Å². The predicted octanol–water partition coefficient (Wildman–Crippen LogP) is 2.49. The van der Waals surface area contributed by atoms with E-state index < -0.39 is 0 Å². The summed E-state index contributed by atoms with van der Waals surface area (Å²) in [5, 5.41) is 5.97. The molecule has 5 heteroatoms. The second-order valence-electron chi connectivity index (χ2n) is 5.38. The van der Waals surface area contributed by atoms with E-state index in [4.69, 9.17) is 10.5 Å². The van der Waals surface area contributed by atoms with Crippen LogP contribution >= 0.6 is 0 Å². The molecule has 1 rings (SSSR count). The first kappa shape index (κ1) is 17.3. The zero-order chi connectivity index (χ0) is 15.7. The Kier molecular flexibility index (Phi) is 7.61. The van der Waals surface area contributed by atoms with E-state index in [-0.39, 0.29) is 5.91 Å². The molecule has 0 atom stereocenters. The first-order chi connectivity index (χ1) is 10.0. The summed E-state index contributed by atoms with van der Waals surface area (Å²) in [6.07, 6.45) is 1.07. The smallest absolute Gasteiger partial charge is 0.251 e. The number of nitrogens with one attached hydrogen (secondary N) is 2. The molecule has 1 aromatic carbocycles. The maximum Gasteiger partial charge on any atom is 0.251 e. The van der Waals surface area contributed by atoms with E-state index in [0.29, 0.717) is 36.9 Å². The topological polar surface area (TPSA) is 76.4 Å². The van der Waals surface area contributed by atoms with Gasteiger partial charge in [-0.15, -0.1) is 0 Å². The standard InChI is InChI=1S/C16H27N3O2/c1-4-18-16(20)13-5-6-15(14(17)11-13)19-8-10-21-9-7-12(2)3/h5-6,11-12,19H,4,7-10,17H2,1-3H3,(H,18,20). The molecule has 0 bridgehead atoms. The van der Waals surface area contributed by atoms with Gasteiger partial charge in [0.15, 0.2) is 0 Å². The van der Waals surface area contributed by atoms with Gasteiger partial charge in [-0.1, -0.05) is 13.8 Å². The third-order valence-electron chi connectivity index (χ3n) is 3.05. The first-order valence-corrected chi connectivity index (χ1v) is 7.54. The third-order valence-corrected chi connectivity index (χ3v) is 3.05. The number of nitrogens with two attached hydrogens (primary N) is 1. The Morgan fingerprint density at radius 1 is 1.33 bits per heavy atom. The van der Waals surface area contributed by atoms with Crippen molar-refractivity contribution in [2.75, 3.05) is 37.4 Å². The summed E-state index contributed by atoms with van der Waals surface area (Å²) in [5.74, 6) is 0.559. The maximum atomic E-state index is 11.7. The van der Waals surface area contributed by atoms with Gasteiger partial charge in [-0.25, -0.2) is 0 Å². The monoisotopic (exact) mass is 293 g/mol. The summed E-state index contributed by atoms with van der Waals surface area (Å²) in [4.78, 5) is 11.7. The number of anilines is 2. The molecular formula is C16H27N3O2. The van der Waals surface area contributed by atoms with Gasteiger partial charge in [-0.3, -0.25) is 4.79 Å². The molecule has 0 saturated carbocycles. The molecule has 0 spiro atoms. The fraction of sp³-hybridized carbons (Fsp3) is 0.562. The van der Waals surface area contributed by atoms with Crippen LogP contribution in [0, 0.1) is 5.92 Å². The minimum atomic E-state index is -0.104. The molecule has 0 aliphatic heterocycles. The number of rotatable bonds is 9. The fourth-order valence-electron chi connectivity index (χ4n) is 1.81. The van der Waals surface area contributed by atoms with Crippen LogP contribution in [0.15, 0.2) is 18.2 Å². The van der Waals surface area contributed by atoms with Crippen molar-refractivity contribution in [2.24, 2.45) is 5.92 Å². The Morgan fingerprint density at radius 2 is 2.10 bits per heavy atom. The average Bonchev–Trinajstić information content (AvgIpc) is 2.44. The van der Waals surface area contributed by atoms with Crippen LogP contribution < -0.4 is 16.4 Å². The minimum absolute atomic E-state index is 0.104. The molecule has 0 unspecified atom stereocenters. The highest BCUT2D eigenvalue weighted by Crippen LogP contribution is 2.19. The summed E-state index contributed by atoms with van der Waals surface area (Å²) in [5.41, 5.74) is 7.93.